The number of para-hydroxylation sites is 1. The lowest BCUT2D eigenvalue weighted by atomic mass is 10.1. The van der Waals surface area contributed by atoms with Gasteiger partial charge in [0.25, 0.3) is 0 Å². The van der Waals surface area contributed by atoms with Gasteiger partial charge in [-0.1, -0.05) is 59.9 Å². The SMILES string of the molecule is CCN1C(=CC=CC=C2Sc3ccccc3C2=O)Sc2ccccc21. The van der Waals surface area contributed by atoms with E-state index in [1.165, 1.54) is 15.6 Å². The van der Waals surface area contributed by atoms with Crippen LogP contribution in [0.3, 0.4) is 0 Å². The number of carbonyl (C=O) groups excluding carboxylic acids is 1. The number of hydrogen-bond acceptors (Lipinski definition) is 4. The third-order valence-corrected chi connectivity index (χ3v) is 6.37. The van der Waals surface area contributed by atoms with E-state index in [4.69, 9.17) is 0 Å². The van der Waals surface area contributed by atoms with Gasteiger partial charge in [-0.05, 0) is 43.3 Å². The average Bonchev–Trinajstić information content (AvgIpc) is 3.16. The summed E-state index contributed by atoms with van der Waals surface area (Å²) in [6.07, 6.45) is 7.99. The zero-order valence-corrected chi connectivity index (χ0v) is 15.4. The second-order valence-electron chi connectivity index (χ2n) is 5.66. The van der Waals surface area contributed by atoms with E-state index in [9.17, 15) is 4.79 Å². The Labute approximate surface area is 156 Å². The molecule has 2 aliphatic heterocycles. The molecule has 0 amide bonds. The molecule has 2 aromatic rings. The number of benzene rings is 2. The Morgan fingerprint density at radius 3 is 2.44 bits per heavy atom. The summed E-state index contributed by atoms with van der Waals surface area (Å²) < 4.78 is 0. The maximum absolute atomic E-state index is 12.3. The van der Waals surface area contributed by atoms with Crippen LogP contribution in [0.15, 0.2) is 92.6 Å². The minimum absolute atomic E-state index is 0.121. The highest BCUT2D eigenvalue weighted by Gasteiger charge is 2.24. The van der Waals surface area contributed by atoms with E-state index >= 15 is 0 Å². The second-order valence-corrected chi connectivity index (χ2v) is 7.81. The quantitative estimate of drug-likeness (QED) is 0.634. The molecule has 0 saturated carbocycles. The summed E-state index contributed by atoms with van der Waals surface area (Å²) in [5.41, 5.74) is 2.08. The third kappa shape index (κ3) is 3.08. The molecule has 124 valence electrons. The maximum Gasteiger partial charge on any atom is 0.200 e. The minimum atomic E-state index is 0.121. The number of thioether (sulfide) groups is 2. The molecule has 0 radical (unpaired) electrons. The van der Waals surface area contributed by atoms with Gasteiger partial charge in [0.15, 0.2) is 0 Å². The first-order chi connectivity index (χ1) is 12.3. The van der Waals surface area contributed by atoms with Crippen LogP contribution in [0.4, 0.5) is 5.69 Å². The van der Waals surface area contributed by atoms with E-state index in [0.717, 1.165) is 21.9 Å². The van der Waals surface area contributed by atoms with Crippen LogP contribution in [0.5, 0.6) is 0 Å². The molecule has 0 aromatic heterocycles. The standard InChI is InChI=1S/C21H17NOS2/c1-2-22-16-10-4-6-12-18(16)25-20(22)14-8-7-13-19-21(23)15-9-3-5-11-17(15)24-19/h3-14H,2H2,1H3. The summed E-state index contributed by atoms with van der Waals surface area (Å²) in [5.74, 6) is 0.121. The largest absolute Gasteiger partial charge is 0.335 e. The fraction of sp³-hybridized carbons (Fsp3) is 0.0952. The third-order valence-electron chi connectivity index (χ3n) is 4.13. The summed E-state index contributed by atoms with van der Waals surface area (Å²) in [5, 5.41) is 1.21. The minimum Gasteiger partial charge on any atom is -0.335 e. The number of ketones is 1. The fourth-order valence-electron chi connectivity index (χ4n) is 2.93. The number of allylic oxidation sites excluding steroid dienone is 5. The Hall–Kier alpha value is -2.17. The molecule has 2 aliphatic rings. The van der Waals surface area contributed by atoms with Gasteiger partial charge >= 0.3 is 0 Å². The lowest BCUT2D eigenvalue weighted by Crippen LogP contribution is -2.16. The van der Waals surface area contributed by atoms with E-state index in [1.807, 2.05) is 42.5 Å². The monoisotopic (exact) mass is 363 g/mol. The molecule has 0 saturated heterocycles. The summed E-state index contributed by atoms with van der Waals surface area (Å²) in [4.78, 5) is 17.8. The molecule has 0 unspecified atom stereocenters. The Balaban J connectivity index is 1.51. The van der Waals surface area contributed by atoms with Crippen molar-refractivity contribution in [2.24, 2.45) is 0 Å². The molecular weight excluding hydrogens is 346 g/mol. The van der Waals surface area contributed by atoms with Crippen LogP contribution in [-0.4, -0.2) is 12.3 Å². The number of rotatable bonds is 3. The van der Waals surface area contributed by atoms with Gasteiger partial charge in [-0.25, -0.2) is 0 Å². The highest BCUT2D eigenvalue weighted by Crippen LogP contribution is 2.45. The van der Waals surface area contributed by atoms with E-state index in [-0.39, 0.29) is 5.78 Å². The Morgan fingerprint density at radius 1 is 0.920 bits per heavy atom. The van der Waals surface area contributed by atoms with E-state index in [0.29, 0.717) is 0 Å². The Morgan fingerprint density at radius 2 is 1.64 bits per heavy atom. The predicted octanol–water partition coefficient (Wildman–Crippen LogP) is 5.89. The van der Waals surface area contributed by atoms with Crippen molar-refractivity contribution in [3.05, 3.63) is 88.3 Å². The van der Waals surface area contributed by atoms with Crippen LogP contribution in [0.25, 0.3) is 0 Å². The predicted molar refractivity (Wildman–Crippen MR) is 107 cm³/mol. The molecule has 2 nitrogen and oxygen atoms in total. The summed E-state index contributed by atoms with van der Waals surface area (Å²) in [7, 11) is 0. The molecule has 0 bridgehead atoms. The van der Waals surface area contributed by atoms with Crippen molar-refractivity contribution < 1.29 is 4.79 Å². The number of Topliss-reactive ketones (excluding diaryl/α,β-unsaturated/α-hetero) is 1. The van der Waals surface area contributed by atoms with Crippen molar-refractivity contribution in [2.45, 2.75) is 16.7 Å². The van der Waals surface area contributed by atoms with Crippen molar-refractivity contribution in [2.75, 3.05) is 11.4 Å². The van der Waals surface area contributed by atoms with E-state index in [1.54, 1.807) is 23.5 Å². The van der Waals surface area contributed by atoms with Crippen molar-refractivity contribution in [1.29, 1.82) is 0 Å². The molecule has 25 heavy (non-hydrogen) atoms. The second kappa shape index (κ2) is 6.98. The fourth-order valence-corrected chi connectivity index (χ4v) is 5.08. The van der Waals surface area contributed by atoms with Gasteiger partial charge in [-0.2, -0.15) is 0 Å². The summed E-state index contributed by atoms with van der Waals surface area (Å²) in [6.45, 7) is 3.10. The van der Waals surface area contributed by atoms with Crippen LogP contribution in [0.2, 0.25) is 0 Å². The Kier molecular flexibility index (Phi) is 4.55. The molecule has 4 heteroatoms. The van der Waals surface area contributed by atoms with Crippen LogP contribution >= 0.6 is 23.5 Å². The van der Waals surface area contributed by atoms with Crippen LogP contribution in [0, 0.1) is 0 Å². The van der Waals surface area contributed by atoms with Gasteiger partial charge in [0.2, 0.25) is 5.78 Å². The van der Waals surface area contributed by atoms with E-state index in [2.05, 4.69) is 42.2 Å². The Bertz CT molecular complexity index is 927. The van der Waals surface area contributed by atoms with E-state index < -0.39 is 0 Å². The van der Waals surface area contributed by atoms with Gasteiger partial charge in [0, 0.05) is 21.9 Å². The lowest BCUT2D eigenvalue weighted by Gasteiger charge is -2.17. The van der Waals surface area contributed by atoms with Gasteiger partial charge in [-0.3, -0.25) is 4.79 Å². The molecule has 2 heterocycles. The molecule has 4 rings (SSSR count). The van der Waals surface area contributed by atoms with Crippen molar-refractivity contribution in [3.63, 3.8) is 0 Å². The molecule has 0 atom stereocenters. The zero-order chi connectivity index (χ0) is 17.2. The lowest BCUT2D eigenvalue weighted by molar-refractivity contribution is 0.104. The molecule has 2 aromatic carbocycles. The number of anilines is 1. The first-order valence-electron chi connectivity index (χ1n) is 8.22. The number of carbonyl (C=O) groups is 1. The molecule has 0 aliphatic carbocycles. The maximum atomic E-state index is 12.3. The molecule has 0 N–H and O–H groups in total. The van der Waals surface area contributed by atoms with Crippen molar-refractivity contribution in [1.82, 2.24) is 0 Å². The van der Waals surface area contributed by atoms with Gasteiger partial charge in [0.05, 0.1) is 15.6 Å². The van der Waals surface area contributed by atoms with Crippen molar-refractivity contribution >= 4 is 35.0 Å². The molecular formula is C21H17NOS2. The highest BCUT2D eigenvalue weighted by atomic mass is 32.2. The van der Waals surface area contributed by atoms with Gasteiger partial charge < -0.3 is 4.90 Å². The smallest absolute Gasteiger partial charge is 0.200 e. The number of nitrogens with zero attached hydrogens (tertiary/aromatic N) is 1. The van der Waals surface area contributed by atoms with Crippen LogP contribution in [-0.2, 0) is 0 Å². The normalized spacial score (nSPS) is 19.2. The zero-order valence-electron chi connectivity index (χ0n) is 13.8. The van der Waals surface area contributed by atoms with Crippen LogP contribution in [0.1, 0.15) is 17.3 Å². The van der Waals surface area contributed by atoms with Crippen LogP contribution < -0.4 is 4.90 Å². The first kappa shape index (κ1) is 16.3. The first-order valence-corrected chi connectivity index (χ1v) is 9.86. The van der Waals surface area contributed by atoms with Crippen molar-refractivity contribution in [3.8, 4) is 0 Å². The summed E-state index contributed by atoms with van der Waals surface area (Å²) in [6, 6.07) is 16.2. The number of fused-ring (bicyclic) bond motifs is 2. The van der Waals surface area contributed by atoms with Gasteiger partial charge in [-0.15, -0.1) is 0 Å². The average molecular weight is 364 g/mol. The highest BCUT2D eigenvalue weighted by molar-refractivity contribution is 8.04. The summed E-state index contributed by atoms with van der Waals surface area (Å²) >= 11 is 3.33. The molecule has 0 fully saturated rings. The topological polar surface area (TPSA) is 20.3 Å². The number of hydrogen-bond donors (Lipinski definition) is 0. The molecule has 0 spiro atoms. The van der Waals surface area contributed by atoms with Gasteiger partial charge in [0.1, 0.15) is 0 Å².